The zero-order chi connectivity index (χ0) is 10.1. The molecule has 3 heterocycles. The molecular weight excluding hydrogens is 190 g/mol. The Bertz CT molecular complexity index is 342. The van der Waals surface area contributed by atoms with Gasteiger partial charge in [-0.15, -0.1) is 10.2 Å². The maximum atomic E-state index is 5.64. The number of aryl methyl sites for hydroxylation is 1. The first-order valence-corrected chi connectivity index (χ1v) is 5.96. The Morgan fingerprint density at radius 3 is 3.13 bits per heavy atom. The summed E-state index contributed by atoms with van der Waals surface area (Å²) in [6.07, 6.45) is 7.35. The van der Waals surface area contributed by atoms with E-state index in [9.17, 15) is 0 Å². The number of hydrogen-bond acceptors (Lipinski definition) is 3. The Balaban J connectivity index is 1.76. The fraction of sp³-hybridized carbons (Fsp3) is 0.818. The summed E-state index contributed by atoms with van der Waals surface area (Å²) >= 11 is 0. The van der Waals surface area contributed by atoms with Crippen LogP contribution in [0.5, 0.6) is 0 Å². The number of rotatable bonds is 2. The quantitative estimate of drug-likeness (QED) is 0.734. The zero-order valence-corrected chi connectivity index (χ0v) is 8.98. The fourth-order valence-electron chi connectivity index (χ4n) is 2.53. The summed E-state index contributed by atoms with van der Waals surface area (Å²) in [7, 11) is 0. The van der Waals surface area contributed by atoms with Crippen molar-refractivity contribution in [3.63, 3.8) is 0 Å². The first-order chi connectivity index (χ1) is 7.43. The normalized spacial score (nSPS) is 25.5. The van der Waals surface area contributed by atoms with Crippen LogP contribution in [0.4, 0.5) is 0 Å². The molecule has 0 bridgehead atoms. The standard InChI is InChI=1S/C11H17N3O/c1-2-6-14-10(5-1)12-13-11(14)8-9-4-3-7-15-9/h9H,1-8H2. The van der Waals surface area contributed by atoms with Crippen LogP contribution < -0.4 is 0 Å². The largest absolute Gasteiger partial charge is 0.378 e. The average molecular weight is 207 g/mol. The van der Waals surface area contributed by atoms with E-state index in [0.717, 1.165) is 31.8 Å². The van der Waals surface area contributed by atoms with Crippen LogP contribution >= 0.6 is 0 Å². The molecule has 1 atom stereocenters. The van der Waals surface area contributed by atoms with Gasteiger partial charge in [0.15, 0.2) is 0 Å². The van der Waals surface area contributed by atoms with Crippen molar-refractivity contribution in [2.75, 3.05) is 6.61 Å². The van der Waals surface area contributed by atoms with E-state index in [-0.39, 0.29) is 0 Å². The van der Waals surface area contributed by atoms with E-state index in [0.29, 0.717) is 6.10 Å². The molecular formula is C11H17N3O. The highest BCUT2D eigenvalue weighted by atomic mass is 16.5. The third kappa shape index (κ3) is 1.78. The van der Waals surface area contributed by atoms with Gasteiger partial charge in [0.1, 0.15) is 11.6 Å². The number of nitrogens with zero attached hydrogens (tertiary/aromatic N) is 3. The molecule has 0 radical (unpaired) electrons. The van der Waals surface area contributed by atoms with Gasteiger partial charge in [-0.1, -0.05) is 0 Å². The van der Waals surface area contributed by atoms with Gasteiger partial charge in [-0.3, -0.25) is 0 Å². The van der Waals surface area contributed by atoms with Crippen molar-refractivity contribution in [1.82, 2.24) is 14.8 Å². The second-order valence-electron chi connectivity index (χ2n) is 4.48. The van der Waals surface area contributed by atoms with Gasteiger partial charge in [-0.25, -0.2) is 0 Å². The maximum absolute atomic E-state index is 5.64. The van der Waals surface area contributed by atoms with Crippen LogP contribution in [0.2, 0.25) is 0 Å². The molecule has 15 heavy (non-hydrogen) atoms. The molecule has 0 aliphatic carbocycles. The molecule has 1 aromatic rings. The van der Waals surface area contributed by atoms with Crippen LogP contribution in [0.15, 0.2) is 0 Å². The van der Waals surface area contributed by atoms with Gasteiger partial charge in [0.2, 0.25) is 0 Å². The topological polar surface area (TPSA) is 39.9 Å². The van der Waals surface area contributed by atoms with E-state index < -0.39 is 0 Å². The monoisotopic (exact) mass is 207 g/mol. The Labute approximate surface area is 89.6 Å². The van der Waals surface area contributed by atoms with Crippen molar-refractivity contribution >= 4 is 0 Å². The second kappa shape index (κ2) is 3.93. The van der Waals surface area contributed by atoms with Crippen molar-refractivity contribution in [1.29, 1.82) is 0 Å². The summed E-state index contributed by atoms with van der Waals surface area (Å²) < 4.78 is 7.93. The summed E-state index contributed by atoms with van der Waals surface area (Å²) in [5, 5.41) is 8.55. The lowest BCUT2D eigenvalue weighted by atomic mass is 10.1. The van der Waals surface area contributed by atoms with Gasteiger partial charge in [-0.05, 0) is 25.7 Å². The minimum absolute atomic E-state index is 0.389. The molecule has 0 N–H and O–H groups in total. The van der Waals surface area contributed by atoms with Crippen molar-refractivity contribution < 1.29 is 4.74 Å². The number of hydrogen-bond donors (Lipinski definition) is 0. The molecule has 4 heteroatoms. The van der Waals surface area contributed by atoms with Crippen LogP contribution in [-0.4, -0.2) is 27.5 Å². The van der Waals surface area contributed by atoms with E-state index in [4.69, 9.17) is 4.74 Å². The Morgan fingerprint density at radius 2 is 2.27 bits per heavy atom. The predicted octanol–water partition coefficient (Wildman–Crippen LogP) is 1.34. The van der Waals surface area contributed by atoms with Gasteiger partial charge < -0.3 is 9.30 Å². The second-order valence-corrected chi connectivity index (χ2v) is 4.48. The Kier molecular flexibility index (Phi) is 2.44. The summed E-state index contributed by atoms with van der Waals surface area (Å²) in [6.45, 7) is 2.02. The Morgan fingerprint density at radius 1 is 1.27 bits per heavy atom. The van der Waals surface area contributed by atoms with E-state index in [2.05, 4.69) is 14.8 Å². The van der Waals surface area contributed by atoms with Crippen LogP contribution in [0.3, 0.4) is 0 Å². The lowest BCUT2D eigenvalue weighted by Crippen LogP contribution is -2.17. The molecule has 0 aromatic carbocycles. The molecule has 2 aliphatic heterocycles. The van der Waals surface area contributed by atoms with E-state index in [1.165, 1.54) is 31.5 Å². The third-order valence-electron chi connectivity index (χ3n) is 3.37. The van der Waals surface area contributed by atoms with Crippen molar-refractivity contribution in [3.05, 3.63) is 11.6 Å². The van der Waals surface area contributed by atoms with Gasteiger partial charge in [0.05, 0.1) is 6.10 Å². The summed E-state index contributed by atoms with van der Waals surface area (Å²) in [5.74, 6) is 2.31. The molecule has 3 rings (SSSR count). The molecule has 0 saturated carbocycles. The lowest BCUT2D eigenvalue weighted by molar-refractivity contribution is 0.109. The summed E-state index contributed by atoms with van der Waals surface area (Å²) in [6, 6.07) is 0. The van der Waals surface area contributed by atoms with Gasteiger partial charge >= 0.3 is 0 Å². The highest BCUT2D eigenvalue weighted by molar-refractivity contribution is 5.00. The van der Waals surface area contributed by atoms with Crippen molar-refractivity contribution in [3.8, 4) is 0 Å². The highest BCUT2D eigenvalue weighted by Gasteiger charge is 2.21. The average Bonchev–Trinajstić information content (AvgIpc) is 2.89. The van der Waals surface area contributed by atoms with E-state index >= 15 is 0 Å². The van der Waals surface area contributed by atoms with Gasteiger partial charge in [0.25, 0.3) is 0 Å². The fourth-order valence-corrected chi connectivity index (χ4v) is 2.53. The molecule has 4 nitrogen and oxygen atoms in total. The zero-order valence-electron chi connectivity index (χ0n) is 8.98. The van der Waals surface area contributed by atoms with E-state index in [1.54, 1.807) is 0 Å². The smallest absolute Gasteiger partial charge is 0.135 e. The molecule has 82 valence electrons. The molecule has 0 spiro atoms. The maximum Gasteiger partial charge on any atom is 0.135 e. The Hall–Kier alpha value is -0.900. The van der Waals surface area contributed by atoms with Crippen LogP contribution in [0.1, 0.15) is 37.3 Å². The molecule has 1 aromatic heterocycles. The predicted molar refractivity (Wildman–Crippen MR) is 55.6 cm³/mol. The van der Waals surface area contributed by atoms with Gasteiger partial charge in [0, 0.05) is 26.0 Å². The van der Waals surface area contributed by atoms with Crippen LogP contribution in [0.25, 0.3) is 0 Å². The van der Waals surface area contributed by atoms with Crippen molar-refractivity contribution in [2.24, 2.45) is 0 Å². The lowest BCUT2D eigenvalue weighted by Gasteiger charge is -2.16. The SMILES string of the molecule is C1CCn2c(nnc2CC2CCCO2)C1. The molecule has 2 aliphatic rings. The minimum atomic E-state index is 0.389. The van der Waals surface area contributed by atoms with Crippen molar-refractivity contribution in [2.45, 2.75) is 51.2 Å². The molecule has 1 fully saturated rings. The molecule has 1 unspecified atom stereocenters. The molecule has 1 saturated heterocycles. The number of aromatic nitrogens is 3. The first-order valence-electron chi connectivity index (χ1n) is 5.96. The summed E-state index contributed by atoms with van der Waals surface area (Å²) in [4.78, 5) is 0. The first kappa shape index (κ1) is 9.33. The van der Waals surface area contributed by atoms with E-state index in [1.807, 2.05) is 0 Å². The highest BCUT2D eigenvalue weighted by Crippen LogP contribution is 2.19. The van der Waals surface area contributed by atoms with Crippen LogP contribution in [-0.2, 0) is 24.1 Å². The van der Waals surface area contributed by atoms with Gasteiger partial charge in [-0.2, -0.15) is 0 Å². The summed E-state index contributed by atoms with van der Waals surface area (Å²) in [5.41, 5.74) is 0. The third-order valence-corrected chi connectivity index (χ3v) is 3.37. The number of fused-ring (bicyclic) bond motifs is 1. The van der Waals surface area contributed by atoms with Crippen LogP contribution in [0, 0.1) is 0 Å². The number of ether oxygens (including phenoxy) is 1. The molecule has 0 amide bonds. The minimum Gasteiger partial charge on any atom is -0.378 e.